The molecule has 68 valence electrons. The first-order valence-corrected chi connectivity index (χ1v) is 4.42. The number of esters is 1. The van der Waals surface area contributed by atoms with E-state index in [-0.39, 0.29) is 24.1 Å². The zero-order valence-corrected chi connectivity index (χ0v) is 7.34. The van der Waals surface area contributed by atoms with Crippen LogP contribution in [0.3, 0.4) is 0 Å². The molecule has 1 aliphatic carbocycles. The molecule has 0 bridgehead atoms. The first kappa shape index (κ1) is 9.23. The maximum absolute atomic E-state index is 11.1. The van der Waals surface area contributed by atoms with Crippen LogP contribution in [0.2, 0.25) is 0 Å². The van der Waals surface area contributed by atoms with E-state index in [0.717, 1.165) is 12.8 Å². The average Bonchev–Trinajstić information content (AvgIpc) is 2.37. The Morgan fingerprint density at radius 1 is 1.67 bits per heavy atom. The molecular weight excluding hydrogens is 156 g/mol. The molecule has 1 rings (SSSR count). The van der Waals surface area contributed by atoms with Crippen LogP contribution in [0.1, 0.15) is 32.6 Å². The van der Waals surface area contributed by atoms with Gasteiger partial charge in [-0.3, -0.25) is 9.59 Å². The van der Waals surface area contributed by atoms with Crippen LogP contribution >= 0.6 is 0 Å². The second-order valence-corrected chi connectivity index (χ2v) is 3.06. The van der Waals surface area contributed by atoms with E-state index < -0.39 is 0 Å². The molecule has 0 radical (unpaired) electrons. The van der Waals surface area contributed by atoms with Gasteiger partial charge in [0.25, 0.3) is 0 Å². The van der Waals surface area contributed by atoms with Gasteiger partial charge in [0.05, 0.1) is 13.0 Å². The van der Waals surface area contributed by atoms with Crippen molar-refractivity contribution in [3.8, 4) is 0 Å². The highest BCUT2D eigenvalue weighted by Crippen LogP contribution is 2.24. The summed E-state index contributed by atoms with van der Waals surface area (Å²) < 4.78 is 4.76. The zero-order chi connectivity index (χ0) is 8.97. The zero-order valence-electron chi connectivity index (χ0n) is 7.34. The van der Waals surface area contributed by atoms with Crippen LogP contribution in [-0.2, 0) is 14.3 Å². The van der Waals surface area contributed by atoms with Gasteiger partial charge in [-0.05, 0) is 19.8 Å². The maximum Gasteiger partial charge on any atom is 0.306 e. The highest BCUT2D eigenvalue weighted by Gasteiger charge is 2.26. The van der Waals surface area contributed by atoms with Crippen LogP contribution in [0.5, 0.6) is 0 Å². The van der Waals surface area contributed by atoms with Crippen molar-refractivity contribution < 1.29 is 14.3 Å². The van der Waals surface area contributed by atoms with E-state index in [0.29, 0.717) is 13.0 Å². The topological polar surface area (TPSA) is 43.4 Å². The average molecular weight is 170 g/mol. The molecule has 3 nitrogen and oxygen atoms in total. The first-order chi connectivity index (χ1) is 5.74. The third-order valence-electron chi connectivity index (χ3n) is 2.15. The number of carbonyl (C=O) groups excluding carboxylic acids is 2. The number of ether oxygens (including phenoxy) is 1. The molecule has 0 unspecified atom stereocenters. The van der Waals surface area contributed by atoms with Crippen LogP contribution in [0.25, 0.3) is 0 Å². The smallest absolute Gasteiger partial charge is 0.306 e. The normalized spacial score (nSPS) is 22.8. The van der Waals surface area contributed by atoms with Crippen LogP contribution in [0.15, 0.2) is 0 Å². The van der Waals surface area contributed by atoms with Crippen LogP contribution in [0, 0.1) is 5.92 Å². The van der Waals surface area contributed by atoms with Crippen molar-refractivity contribution in [3.05, 3.63) is 0 Å². The molecule has 0 saturated heterocycles. The summed E-state index contributed by atoms with van der Waals surface area (Å²) in [5, 5.41) is 0. The minimum absolute atomic E-state index is 0.0518. The second kappa shape index (κ2) is 4.24. The Bertz CT molecular complexity index is 186. The van der Waals surface area contributed by atoms with Crippen molar-refractivity contribution in [1.29, 1.82) is 0 Å². The molecule has 0 aromatic carbocycles. The molecule has 0 heterocycles. The number of hydrogen-bond acceptors (Lipinski definition) is 3. The van der Waals surface area contributed by atoms with E-state index in [1.165, 1.54) is 0 Å². The predicted molar refractivity (Wildman–Crippen MR) is 43.6 cm³/mol. The summed E-state index contributed by atoms with van der Waals surface area (Å²) in [5.41, 5.74) is 0. The SMILES string of the molecule is CCOC(=O)C[C@H]1CCCC1=O. The molecule has 0 N–H and O–H groups in total. The predicted octanol–water partition coefficient (Wildman–Crippen LogP) is 1.31. The van der Waals surface area contributed by atoms with Gasteiger partial charge in [0.15, 0.2) is 0 Å². The monoisotopic (exact) mass is 170 g/mol. The Hall–Kier alpha value is -0.860. The lowest BCUT2D eigenvalue weighted by Crippen LogP contribution is -2.14. The molecule has 0 aromatic rings. The van der Waals surface area contributed by atoms with Gasteiger partial charge < -0.3 is 4.74 Å². The fraction of sp³-hybridized carbons (Fsp3) is 0.778. The van der Waals surface area contributed by atoms with E-state index in [9.17, 15) is 9.59 Å². The van der Waals surface area contributed by atoms with E-state index in [1.807, 2.05) is 0 Å². The summed E-state index contributed by atoms with van der Waals surface area (Å²) >= 11 is 0. The highest BCUT2D eigenvalue weighted by molar-refractivity contribution is 5.86. The lowest BCUT2D eigenvalue weighted by atomic mass is 10.0. The highest BCUT2D eigenvalue weighted by atomic mass is 16.5. The number of Topliss-reactive ketones (excluding diaryl/α,β-unsaturated/α-hetero) is 1. The fourth-order valence-corrected chi connectivity index (χ4v) is 1.52. The first-order valence-electron chi connectivity index (χ1n) is 4.42. The Labute approximate surface area is 72.1 Å². The van der Waals surface area contributed by atoms with Crippen LogP contribution in [-0.4, -0.2) is 18.4 Å². The number of ketones is 1. The molecule has 1 fully saturated rings. The lowest BCUT2D eigenvalue weighted by Gasteiger charge is -2.05. The van der Waals surface area contributed by atoms with E-state index in [1.54, 1.807) is 6.92 Å². The minimum atomic E-state index is -0.238. The van der Waals surface area contributed by atoms with Gasteiger partial charge in [-0.25, -0.2) is 0 Å². The maximum atomic E-state index is 11.1. The van der Waals surface area contributed by atoms with Crippen molar-refractivity contribution in [1.82, 2.24) is 0 Å². The van der Waals surface area contributed by atoms with Gasteiger partial charge in [-0.2, -0.15) is 0 Å². The third-order valence-corrected chi connectivity index (χ3v) is 2.15. The van der Waals surface area contributed by atoms with E-state index in [2.05, 4.69) is 0 Å². The largest absolute Gasteiger partial charge is 0.466 e. The number of rotatable bonds is 3. The van der Waals surface area contributed by atoms with Gasteiger partial charge >= 0.3 is 5.97 Å². The molecule has 0 amide bonds. The van der Waals surface area contributed by atoms with Gasteiger partial charge in [-0.1, -0.05) is 0 Å². The van der Waals surface area contributed by atoms with Crippen molar-refractivity contribution >= 4 is 11.8 Å². The third kappa shape index (κ3) is 2.32. The summed E-state index contributed by atoms with van der Waals surface area (Å²) in [6.07, 6.45) is 2.72. The molecule has 0 aromatic heterocycles. The molecule has 0 aliphatic heterocycles. The minimum Gasteiger partial charge on any atom is -0.466 e. The quantitative estimate of drug-likeness (QED) is 0.600. The summed E-state index contributed by atoms with van der Waals surface area (Å²) in [6.45, 7) is 2.17. The molecule has 1 saturated carbocycles. The van der Waals surface area contributed by atoms with Gasteiger partial charge in [0.2, 0.25) is 0 Å². The summed E-state index contributed by atoms with van der Waals surface area (Å²) in [7, 11) is 0. The van der Waals surface area contributed by atoms with Crippen molar-refractivity contribution in [2.24, 2.45) is 5.92 Å². The lowest BCUT2D eigenvalue weighted by molar-refractivity contribution is -0.145. The molecule has 1 atom stereocenters. The summed E-state index contributed by atoms with van der Waals surface area (Å²) in [5.74, 6) is -0.0650. The van der Waals surface area contributed by atoms with Crippen LogP contribution < -0.4 is 0 Å². The molecule has 3 heteroatoms. The Morgan fingerprint density at radius 2 is 2.42 bits per heavy atom. The Kier molecular flexibility index (Phi) is 3.26. The molecule has 12 heavy (non-hydrogen) atoms. The van der Waals surface area contributed by atoms with Crippen LogP contribution in [0.4, 0.5) is 0 Å². The van der Waals surface area contributed by atoms with Crippen molar-refractivity contribution in [2.75, 3.05) is 6.61 Å². The summed E-state index contributed by atoms with van der Waals surface area (Å²) in [4.78, 5) is 22.1. The Morgan fingerprint density at radius 3 is 2.92 bits per heavy atom. The van der Waals surface area contributed by atoms with Gasteiger partial charge in [0.1, 0.15) is 5.78 Å². The number of hydrogen-bond donors (Lipinski definition) is 0. The Balaban J connectivity index is 2.30. The second-order valence-electron chi connectivity index (χ2n) is 3.06. The summed E-state index contributed by atoms with van der Waals surface area (Å²) in [6, 6.07) is 0. The van der Waals surface area contributed by atoms with Gasteiger partial charge in [0, 0.05) is 12.3 Å². The number of carbonyl (C=O) groups is 2. The molecule has 0 spiro atoms. The standard InChI is InChI=1S/C9H14O3/c1-2-12-9(11)6-7-4-3-5-8(7)10/h7H,2-6H2,1H3/t7-/m1/s1. The van der Waals surface area contributed by atoms with E-state index >= 15 is 0 Å². The van der Waals surface area contributed by atoms with Crippen molar-refractivity contribution in [2.45, 2.75) is 32.6 Å². The molecular formula is C9H14O3. The van der Waals surface area contributed by atoms with Crippen molar-refractivity contribution in [3.63, 3.8) is 0 Å². The fourth-order valence-electron chi connectivity index (χ4n) is 1.52. The van der Waals surface area contributed by atoms with E-state index in [4.69, 9.17) is 4.74 Å². The van der Waals surface area contributed by atoms with Gasteiger partial charge in [-0.15, -0.1) is 0 Å². The molecule has 1 aliphatic rings.